The van der Waals surface area contributed by atoms with Gasteiger partial charge in [-0.05, 0) is 25.0 Å². The number of carbonyl (C=O) groups excluding carboxylic acids is 1. The smallest absolute Gasteiger partial charge is 0.249 e. The lowest BCUT2D eigenvalue weighted by molar-refractivity contribution is -0.136. The van der Waals surface area contributed by atoms with E-state index in [-0.39, 0.29) is 11.9 Å². The van der Waals surface area contributed by atoms with E-state index < -0.39 is 6.10 Å². The topological polar surface area (TPSA) is 81.7 Å². The number of halogens is 1. The molecule has 112 valence electrons. The normalized spacial score (nSPS) is 22.4. The summed E-state index contributed by atoms with van der Waals surface area (Å²) in [4.78, 5) is 16.4. The van der Waals surface area contributed by atoms with Crippen molar-refractivity contribution in [3.8, 4) is 0 Å². The van der Waals surface area contributed by atoms with Gasteiger partial charge in [0, 0.05) is 23.5 Å². The largest absolute Gasteiger partial charge is 0.367 e. The highest BCUT2D eigenvalue weighted by Gasteiger charge is 2.25. The number of hydrogen-bond acceptors (Lipinski definition) is 4. The van der Waals surface area contributed by atoms with E-state index in [1.54, 1.807) is 12.1 Å². The highest BCUT2D eigenvalue weighted by molar-refractivity contribution is 6.30. The lowest BCUT2D eigenvalue weighted by atomic mass is 10.1. The maximum Gasteiger partial charge on any atom is 0.249 e. The van der Waals surface area contributed by atoms with Gasteiger partial charge in [-0.3, -0.25) is 4.79 Å². The van der Waals surface area contributed by atoms with Gasteiger partial charge in [-0.1, -0.05) is 11.6 Å². The molecule has 0 aliphatic carbocycles. The Hall–Kier alpha value is -1.63. The molecule has 1 aliphatic heterocycles. The number of nitrogens with one attached hydrogen (secondary N) is 1. The number of pyridine rings is 1. The molecule has 0 bridgehead atoms. The molecule has 21 heavy (non-hydrogen) atoms. The molecule has 0 spiro atoms. The van der Waals surface area contributed by atoms with Gasteiger partial charge in [0.05, 0.1) is 18.8 Å². The van der Waals surface area contributed by atoms with Gasteiger partial charge < -0.3 is 20.2 Å². The van der Waals surface area contributed by atoms with Crippen molar-refractivity contribution in [2.75, 3.05) is 6.61 Å². The van der Waals surface area contributed by atoms with E-state index in [1.165, 1.54) is 0 Å². The second kappa shape index (κ2) is 6.01. The zero-order valence-corrected chi connectivity index (χ0v) is 12.2. The van der Waals surface area contributed by atoms with Crippen LogP contribution in [-0.2, 0) is 16.1 Å². The number of imidazole rings is 1. The average Bonchev–Trinajstić information content (AvgIpc) is 2.87. The molecule has 0 saturated carbocycles. The van der Waals surface area contributed by atoms with Crippen LogP contribution in [0.15, 0.2) is 24.5 Å². The Kier molecular flexibility index (Phi) is 4.10. The summed E-state index contributed by atoms with van der Waals surface area (Å²) in [5.74, 6) is -0.114. The molecule has 6 nitrogen and oxygen atoms in total. The summed E-state index contributed by atoms with van der Waals surface area (Å²) in [6.07, 6.45) is 4.76. The highest BCUT2D eigenvalue weighted by Crippen LogP contribution is 2.14. The van der Waals surface area contributed by atoms with Crippen molar-refractivity contribution in [3.05, 3.63) is 35.2 Å². The number of rotatable bonds is 3. The molecule has 1 fully saturated rings. The summed E-state index contributed by atoms with van der Waals surface area (Å²) >= 11 is 5.92. The predicted octanol–water partition coefficient (Wildman–Crippen LogP) is 1.11. The molecule has 0 aromatic carbocycles. The summed E-state index contributed by atoms with van der Waals surface area (Å²) in [5, 5.41) is 3.48. The van der Waals surface area contributed by atoms with Crippen molar-refractivity contribution in [2.45, 2.75) is 31.5 Å². The van der Waals surface area contributed by atoms with E-state index >= 15 is 0 Å². The fourth-order valence-electron chi connectivity index (χ4n) is 2.36. The number of nitrogens with two attached hydrogens (primary N) is 1. The van der Waals surface area contributed by atoms with Crippen LogP contribution >= 0.6 is 11.6 Å². The molecule has 3 heterocycles. The van der Waals surface area contributed by atoms with E-state index in [1.807, 2.05) is 16.8 Å². The summed E-state index contributed by atoms with van der Waals surface area (Å²) in [5.41, 5.74) is 7.27. The molecule has 1 amide bonds. The van der Waals surface area contributed by atoms with Crippen molar-refractivity contribution in [3.63, 3.8) is 0 Å². The average molecular weight is 309 g/mol. The van der Waals surface area contributed by atoms with Crippen LogP contribution in [-0.4, -0.2) is 34.0 Å². The molecule has 3 rings (SSSR count). The zero-order chi connectivity index (χ0) is 14.8. The molecule has 0 radical (unpaired) electrons. The molecule has 1 saturated heterocycles. The molecule has 1 aliphatic rings. The Morgan fingerprint density at radius 2 is 2.43 bits per heavy atom. The summed E-state index contributed by atoms with van der Waals surface area (Å²) in [6, 6.07) is 3.60. The molecule has 0 unspecified atom stereocenters. The van der Waals surface area contributed by atoms with Crippen LogP contribution in [0.3, 0.4) is 0 Å². The van der Waals surface area contributed by atoms with Gasteiger partial charge in [0.1, 0.15) is 11.8 Å². The van der Waals surface area contributed by atoms with Gasteiger partial charge in [-0.15, -0.1) is 0 Å². The lowest BCUT2D eigenvalue weighted by Crippen LogP contribution is -2.43. The van der Waals surface area contributed by atoms with Gasteiger partial charge in [0.2, 0.25) is 5.91 Å². The van der Waals surface area contributed by atoms with E-state index in [9.17, 15) is 4.79 Å². The van der Waals surface area contributed by atoms with Crippen molar-refractivity contribution >= 4 is 23.2 Å². The third kappa shape index (κ3) is 3.34. The number of fused-ring (bicyclic) bond motifs is 1. The first-order valence-corrected chi connectivity index (χ1v) is 7.27. The minimum atomic E-state index is -0.406. The van der Waals surface area contributed by atoms with Crippen LogP contribution in [0.2, 0.25) is 5.02 Å². The Bertz CT molecular complexity index is 649. The first-order chi connectivity index (χ1) is 10.1. The molecule has 3 N–H and O–H groups in total. The second-order valence-corrected chi connectivity index (χ2v) is 5.66. The predicted molar refractivity (Wildman–Crippen MR) is 79.0 cm³/mol. The van der Waals surface area contributed by atoms with Crippen LogP contribution in [0.5, 0.6) is 0 Å². The summed E-state index contributed by atoms with van der Waals surface area (Å²) < 4.78 is 7.30. The zero-order valence-electron chi connectivity index (χ0n) is 11.5. The number of carbonyl (C=O) groups is 1. The SMILES string of the molecule is N[C@@H]1CC[C@@H](C(=O)NCc2cn3ccc(Cl)cc3n2)OC1. The second-order valence-electron chi connectivity index (χ2n) is 5.22. The van der Waals surface area contributed by atoms with Crippen molar-refractivity contribution in [2.24, 2.45) is 5.73 Å². The fraction of sp³-hybridized carbons (Fsp3) is 0.429. The van der Waals surface area contributed by atoms with Gasteiger partial charge in [-0.2, -0.15) is 0 Å². The van der Waals surface area contributed by atoms with Crippen molar-refractivity contribution in [1.82, 2.24) is 14.7 Å². The lowest BCUT2D eigenvalue weighted by Gasteiger charge is -2.25. The Labute approximate surface area is 127 Å². The maximum atomic E-state index is 12.0. The third-order valence-corrected chi connectivity index (χ3v) is 3.75. The third-order valence-electron chi connectivity index (χ3n) is 3.52. The quantitative estimate of drug-likeness (QED) is 0.890. The van der Waals surface area contributed by atoms with Crippen molar-refractivity contribution in [1.29, 1.82) is 0 Å². The molecule has 2 aromatic rings. The Balaban J connectivity index is 1.59. The van der Waals surface area contributed by atoms with E-state index in [0.29, 0.717) is 24.6 Å². The first kappa shape index (κ1) is 14.3. The number of nitrogens with zero attached hydrogens (tertiary/aromatic N) is 2. The van der Waals surface area contributed by atoms with Crippen molar-refractivity contribution < 1.29 is 9.53 Å². The van der Waals surface area contributed by atoms with Crippen LogP contribution in [0.1, 0.15) is 18.5 Å². The number of hydrogen-bond donors (Lipinski definition) is 2. The van der Waals surface area contributed by atoms with E-state index in [0.717, 1.165) is 17.8 Å². The minimum Gasteiger partial charge on any atom is -0.367 e. The highest BCUT2D eigenvalue weighted by atomic mass is 35.5. The van der Waals surface area contributed by atoms with Gasteiger partial charge in [-0.25, -0.2) is 4.98 Å². The fourth-order valence-corrected chi connectivity index (χ4v) is 2.52. The van der Waals surface area contributed by atoms with Gasteiger partial charge in [0.15, 0.2) is 0 Å². The first-order valence-electron chi connectivity index (χ1n) is 6.90. The van der Waals surface area contributed by atoms with E-state index in [4.69, 9.17) is 22.1 Å². The molecular weight excluding hydrogens is 292 g/mol. The minimum absolute atomic E-state index is 0.0391. The summed E-state index contributed by atoms with van der Waals surface area (Å²) in [7, 11) is 0. The van der Waals surface area contributed by atoms with E-state index in [2.05, 4.69) is 10.3 Å². The molecule has 2 aromatic heterocycles. The Morgan fingerprint density at radius 1 is 1.57 bits per heavy atom. The summed E-state index contributed by atoms with van der Waals surface area (Å²) in [6.45, 7) is 0.801. The molecule has 2 atom stereocenters. The molecular formula is C14H17ClN4O2. The van der Waals surface area contributed by atoms with Crippen LogP contribution in [0, 0.1) is 0 Å². The molecule has 7 heteroatoms. The Morgan fingerprint density at radius 3 is 3.19 bits per heavy atom. The number of ether oxygens (including phenoxy) is 1. The monoisotopic (exact) mass is 308 g/mol. The van der Waals surface area contributed by atoms with Crippen LogP contribution in [0.4, 0.5) is 0 Å². The number of aromatic nitrogens is 2. The van der Waals surface area contributed by atoms with Gasteiger partial charge >= 0.3 is 0 Å². The van der Waals surface area contributed by atoms with Crippen LogP contribution < -0.4 is 11.1 Å². The maximum absolute atomic E-state index is 12.0. The standard InChI is InChI=1S/C14H17ClN4O2/c15-9-3-4-19-7-11(18-13(19)5-9)6-17-14(20)12-2-1-10(16)8-21-12/h3-5,7,10,12H,1-2,6,8,16H2,(H,17,20)/t10-,12+/m1/s1. The van der Waals surface area contributed by atoms with Gasteiger partial charge in [0.25, 0.3) is 0 Å². The van der Waals surface area contributed by atoms with Crippen LogP contribution in [0.25, 0.3) is 5.65 Å². The number of amides is 1.